The summed E-state index contributed by atoms with van der Waals surface area (Å²) in [6.07, 6.45) is -0.432. The topological polar surface area (TPSA) is 76.1 Å². The molecule has 0 saturated heterocycles. The Balaban J connectivity index is 1.65. The lowest BCUT2D eigenvalue weighted by Gasteiger charge is -2.23. The molecule has 32 heavy (non-hydrogen) atoms. The standard InChI is InChI=1S/C25H22FNO5/c1-31-22-12-9-17(13-23(22)32-2)21(28)14-25(30)19-5-3-4-6-20(19)27(24(25)29)15-16-7-10-18(26)11-8-16/h3-13,30H,14-15H2,1-2H3. The number of benzene rings is 3. The molecule has 0 spiro atoms. The second-order valence-corrected chi connectivity index (χ2v) is 7.56. The molecule has 1 atom stereocenters. The summed E-state index contributed by atoms with van der Waals surface area (Å²) in [6.45, 7) is 0.142. The van der Waals surface area contributed by atoms with Crippen LogP contribution in [-0.2, 0) is 16.9 Å². The summed E-state index contributed by atoms with van der Waals surface area (Å²) in [6, 6.07) is 17.3. The van der Waals surface area contributed by atoms with Gasteiger partial charge in [-0.2, -0.15) is 0 Å². The Bertz CT molecular complexity index is 1180. The van der Waals surface area contributed by atoms with Crippen molar-refractivity contribution < 1.29 is 28.6 Å². The van der Waals surface area contributed by atoms with Gasteiger partial charge in [-0.05, 0) is 42.0 Å². The molecule has 6 nitrogen and oxygen atoms in total. The van der Waals surface area contributed by atoms with E-state index in [1.54, 1.807) is 48.5 Å². The minimum Gasteiger partial charge on any atom is -0.493 e. The number of carbonyl (C=O) groups is 2. The number of halogens is 1. The van der Waals surface area contributed by atoms with Crippen LogP contribution in [0.1, 0.15) is 27.9 Å². The minimum absolute atomic E-state index is 0.142. The molecule has 4 rings (SSSR count). The molecule has 3 aromatic rings. The maximum Gasteiger partial charge on any atom is 0.264 e. The first-order valence-electron chi connectivity index (χ1n) is 10.0. The van der Waals surface area contributed by atoms with Crippen LogP contribution in [0.5, 0.6) is 11.5 Å². The number of para-hydroxylation sites is 1. The molecule has 1 N–H and O–H groups in total. The highest BCUT2D eigenvalue weighted by Gasteiger charge is 2.50. The Morgan fingerprint density at radius 1 is 1.00 bits per heavy atom. The van der Waals surface area contributed by atoms with Gasteiger partial charge in [-0.1, -0.05) is 30.3 Å². The summed E-state index contributed by atoms with van der Waals surface area (Å²) in [4.78, 5) is 27.8. The summed E-state index contributed by atoms with van der Waals surface area (Å²) < 4.78 is 23.7. The molecule has 0 saturated carbocycles. The van der Waals surface area contributed by atoms with E-state index in [1.807, 2.05) is 0 Å². The van der Waals surface area contributed by atoms with Crippen LogP contribution in [0.15, 0.2) is 66.7 Å². The van der Waals surface area contributed by atoms with Crippen LogP contribution in [0.3, 0.4) is 0 Å². The molecule has 0 aliphatic carbocycles. The van der Waals surface area contributed by atoms with Crippen molar-refractivity contribution >= 4 is 17.4 Å². The lowest BCUT2D eigenvalue weighted by molar-refractivity contribution is -0.136. The highest BCUT2D eigenvalue weighted by Crippen LogP contribution is 2.43. The van der Waals surface area contributed by atoms with Crippen LogP contribution >= 0.6 is 0 Å². The number of anilines is 1. The van der Waals surface area contributed by atoms with Crippen molar-refractivity contribution in [3.63, 3.8) is 0 Å². The Kier molecular flexibility index (Phi) is 5.67. The van der Waals surface area contributed by atoms with Gasteiger partial charge in [-0.3, -0.25) is 9.59 Å². The van der Waals surface area contributed by atoms with Gasteiger partial charge in [0.15, 0.2) is 22.9 Å². The first kappa shape index (κ1) is 21.5. The van der Waals surface area contributed by atoms with Crippen molar-refractivity contribution in [2.45, 2.75) is 18.6 Å². The van der Waals surface area contributed by atoms with Gasteiger partial charge in [0, 0.05) is 11.1 Å². The first-order valence-corrected chi connectivity index (χ1v) is 10.0. The SMILES string of the molecule is COc1ccc(C(=O)CC2(O)C(=O)N(Cc3ccc(F)cc3)c3ccccc32)cc1OC. The van der Waals surface area contributed by atoms with Gasteiger partial charge in [0.05, 0.1) is 32.9 Å². The van der Waals surface area contributed by atoms with Gasteiger partial charge in [0.25, 0.3) is 5.91 Å². The number of fused-ring (bicyclic) bond motifs is 1. The maximum atomic E-state index is 13.4. The Morgan fingerprint density at radius 3 is 2.38 bits per heavy atom. The maximum absolute atomic E-state index is 13.4. The molecule has 0 fully saturated rings. The van der Waals surface area contributed by atoms with E-state index in [0.717, 1.165) is 0 Å². The van der Waals surface area contributed by atoms with Crippen molar-refractivity contribution in [3.05, 3.63) is 89.2 Å². The van der Waals surface area contributed by atoms with Gasteiger partial charge in [-0.15, -0.1) is 0 Å². The molecular formula is C25H22FNO5. The highest BCUT2D eigenvalue weighted by atomic mass is 19.1. The highest BCUT2D eigenvalue weighted by molar-refractivity contribution is 6.10. The normalized spacial score (nSPS) is 17.2. The van der Waals surface area contributed by atoms with E-state index in [2.05, 4.69) is 0 Å². The Labute approximate surface area is 184 Å². The zero-order valence-electron chi connectivity index (χ0n) is 17.7. The number of ketones is 1. The monoisotopic (exact) mass is 435 g/mol. The van der Waals surface area contributed by atoms with E-state index in [-0.39, 0.29) is 12.4 Å². The zero-order chi connectivity index (χ0) is 22.9. The number of amides is 1. The van der Waals surface area contributed by atoms with Crippen molar-refractivity contribution in [2.24, 2.45) is 0 Å². The third-order valence-electron chi connectivity index (χ3n) is 5.62. The minimum atomic E-state index is -2.01. The van der Waals surface area contributed by atoms with Gasteiger partial charge >= 0.3 is 0 Å². The third-order valence-corrected chi connectivity index (χ3v) is 5.62. The quantitative estimate of drug-likeness (QED) is 0.571. The number of hydrogen-bond acceptors (Lipinski definition) is 5. The predicted molar refractivity (Wildman–Crippen MR) is 116 cm³/mol. The number of aliphatic hydroxyl groups is 1. The van der Waals surface area contributed by atoms with Crippen LogP contribution in [0.2, 0.25) is 0 Å². The lowest BCUT2D eigenvalue weighted by Crippen LogP contribution is -2.41. The molecule has 0 aromatic heterocycles. The number of nitrogens with zero attached hydrogens (tertiary/aromatic N) is 1. The predicted octanol–water partition coefficient (Wildman–Crippen LogP) is 3.85. The van der Waals surface area contributed by atoms with Crippen molar-refractivity contribution in [2.75, 3.05) is 19.1 Å². The van der Waals surface area contributed by atoms with E-state index in [0.29, 0.717) is 33.9 Å². The molecule has 3 aromatic carbocycles. The van der Waals surface area contributed by atoms with Gasteiger partial charge in [0.2, 0.25) is 0 Å². The molecule has 1 amide bonds. The number of rotatable bonds is 7. The van der Waals surface area contributed by atoms with Crippen molar-refractivity contribution in [3.8, 4) is 11.5 Å². The number of Topliss-reactive ketones (excluding diaryl/α,β-unsaturated/α-hetero) is 1. The van der Waals surface area contributed by atoms with Crippen molar-refractivity contribution in [1.29, 1.82) is 0 Å². The zero-order valence-corrected chi connectivity index (χ0v) is 17.7. The Hall–Kier alpha value is -3.71. The fourth-order valence-electron chi connectivity index (χ4n) is 3.95. The summed E-state index contributed by atoms with van der Waals surface area (Å²) >= 11 is 0. The molecule has 1 unspecified atom stereocenters. The average Bonchev–Trinajstić information content (AvgIpc) is 3.01. The smallest absolute Gasteiger partial charge is 0.264 e. The van der Waals surface area contributed by atoms with E-state index in [9.17, 15) is 19.1 Å². The molecule has 0 radical (unpaired) electrons. The fourth-order valence-corrected chi connectivity index (χ4v) is 3.95. The van der Waals surface area contributed by atoms with E-state index >= 15 is 0 Å². The molecule has 0 bridgehead atoms. The van der Waals surface area contributed by atoms with Crippen LogP contribution in [0.4, 0.5) is 10.1 Å². The van der Waals surface area contributed by atoms with Gasteiger partial charge in [0.1, 0.15) is 5.82 Å². The second kappa shape index (κ2) is 8.43. The molecule has 1 heterocycles. The van der Waals surface area contributed by atoms with Gasteiger partial charge in [-0.25, -0.2) is 4.39 Å². The summed E-state index contributed by atoms with van der Waals surface area (Å²) in [7, 11) is 2.95. The second-order valence-electron chi connectivity index (χ2n) is 7.56. The third kappa shape index (κ3) is 3.71. The first-order chi connectivity index (χ1) is 15.4. The average molecular weight is 435 g/mol. The summed E-state index contributed by atoms with van der Waals surface area (Å²) in [5, 5.41) is 11.4. The summed E-state index contributed by atoms with van der Waals surface area (Å²) in [5.41, 5.74) is -0.144. The van der Waals surface area contributed by atoms with Crippen LogP contribution < -0.4 is 14.4 Å². The molecular weight excluding hydrogens is 413 g/mol. The molecule has 1 aliphatic heterocycles. The molecule has 7 heteroatoms. The van der Waals surface area contributed by atoms with Crippen LogP contribution in [-0.4, -0.2) is 31.0 Å². The number of ether oxygens (including phenoxy) is 2. The van der Waals surface area contributed by atoms with E-state index in [4.69, 9.17) is 9.47 Å². The summed E-state index contributed by atoms with van der Waals surface area (Å²) in [5.74, 6) is -0.548. The molecule has 1 aliphatic rings. The lowest BCUT2D eigenvalue weighted by atomic mass is 9.88. The largest absolute Gasteiger partial charge is 0.493 e. The number of hydrogen-bond donors (Lipinski definition) is 1. The molecule has 164 valence electrons. The van der Waals surface area contributed by atoms with Crippen LogP contribution in [0, 0.1) is 5.82 Å². The number of methoxy groups -OCH3 is 2. The number of carbonyl (C=O) groups excluding carboxylic acids is 2. The van der Waals surface area contributed by atoms with Crippen molar-refractivity contribution in [1.82, 2.24) is 0 Å². The van der Waals surface area contributed by atoms with Crippen LogP contribution in [0.25, 0.3) is 0 Å². The van der Waals surface area contributed by atoms with Gasteiger partial charge < -0.3 is 19.5 Å². The Morgan fingerprint density at radius 2 is 1.69 bits per heavy atom. The van der Waals surface area contributed by atoms with E-state index < -0.39 is 23.7 Å². The van der Waals surface area contributed by atoms with E-state index in [1.165, 1.54) is 37.3 Å². The fraction of sp³-hybridized carbons (Fsp3) is 0.200.